The van der Waals surface area contributed by atoms with Crippen LogP contribution in [-0.4, -0.2) is 35.0 Å². The summed E-state index contributed by atoms with van der Waals surface area (Å²) in [6.07, 6.45) is 2.47. The van der Waals surface area contributed by atoms with Crippen LogP contribution in [-0.2, 0) is 14.3 Å². The fourth-order valence-corrected chi connectivity index (χ4v) is 3.46. The number of ether oxygens (including phenoxy) is 1. The zero-order valence-corrected chi connectivity index (χ0v) is 14.5. The smallest absolute Gasteiger partial charge is 0.325 e. The zero-order chi connectivity index (χ0) is 18.5. The molecular weight excluding hydrogens is 322 g/mol. The van der Waals surface area contributed by atoms with Crippen LogP contribution in [0.25, 0.3) is 0 Å². The van der Waals surface area contributed by atoms with Crippen LogP contribution in [0.3, 0.4) is 0 Å². The van der Waals surface area contributed by atoms with E-state index in [9.17, 15) is 19.5 Å². The van der Waals surface area contributed by atoms with Gasteiger partial charge in [-0.3, -0.25) is 14.4 Å². The Labute approximate surface area is 147 Å². The Kier molecular flexibility index (Phi) is 5.95. The summed E-state index contributed by atoms with van der Waals surface area (Å²) in [4.78, 5) is 38.1. The van der Waals surface area contributed by atoms with Gasteiger partial charge in [0.15, 0.2) is 16.8 Å². The summed E-state index contributed by atoms with van der Waals surface area (Å²) in [6, 6.07) is 8.14. The second-order valence-electron chi connectivity index (χ2n) is 6.52. The minimum Gasteiger partial charge on any atom is -0.465 e. The average molecular weight is 347 g/mol. The van der Waals surface area contributed by atoms with Gasteiger partial charge in [-0.2, -0.15) is 0 Å². The topological polar surface area (TPSA) is 107 Å². The maximum Gasteiger partial charge on any atom is 0.325 e. The summed E-state index contributed by atoms with van der Waals surface area (Å²) in [5, 5.41) is 11.2. The highest BCUT2D eigenvalue weighted by molar-refractivity contribution is 6.14. The molecule has 0 spiro atoms. The molecular formula is C19H25NO5. The van der Waals surface area contributed by atoms with Crippen molar-refractivity contribution in [2.45, 2.75) is 51.0 Å². The van der Waals surface area contributed by atoms with E-state index in [4.69, 9.17) is 10.5 Å². The van der Waals surface area contributed by atoms with Crippen LogP contribution in [0.15, 0.2) is 30.3 Å². The van der Waals surface area contributed by atoms with Gasteiger partial charge < -0.3 is 15.6 Å². The Balaban J connectivity index is 2.45. The molecule has 2 unspecified atom stereocenters. The molecule has 0 saturated heterocycles. The normalized spacial score (nSPS) is 26.0. The number of esters is 1. The third-order valence-corrected chi connectivity index (χ3v) is 4.96. The van der Waals surface area contributed by atoms with Gasteiger partial charge in [0.1, 0.15) is 0 Å². The van der Waals surface area contributed by atoms with Crippen molar-refractivity contribution in [3.05, 3.63) is 35.9 Å². The van der Waals surface area contributed by atoms with Crippen LogP contribution < -0.4 is 5.73 Å². The molecule has 1 aromatic carbocycles. The van der Waals surface area contributed by atoms with E-state index in [-0.39, 0.29) is 25.0 Å². The molecule has 1 aromatic rings. The van der Waals surface area contributed by atoms with Crippen LogP contribution in [0.5, 0.6) is 0 Å². The fourth-order valence-electron chi connectivity index (χ4n) is 3.46. The highest BCUT2D eigenvalue weighted by Crippen LogP contribution is 2.47. The molecule has 0 aromatic heterocycles. The second-order valence-corrected chi connectivity index (χ2v) is 6.52. The number of hydrogen-bond acceptors (Lipinski definition) is 5. The van der Waals surface area contributed by atoms with E-state index in [1.165, 1.54) is 0 Å². The van der Waals surface area contributed by atoms with Crippen LogP contribution >= 0.6 is 0 Å². The number of nitrogens with two attached hydrogens (primary N) is 1. The minimum atomic E-state index is -2.19. The van der Waals surface area contributed by atoms with Gasteiger partial charge in [0.2, 0.25) is 5.91 Å². The summed E-state index contributed by atoms with van der Waals surface area (Å²) < 4.78 is 5.22. The van der Waals surface area contributed by atoms with Crippen molar-refractivity contribution in [3.8, 4) is 0 Å². The molecule has 0 bridgehead atoms. The molecule has 6 nitrogen and oxygen atoms in total. The number of unbranched alkanes of at least 4 members (excludes halogenated alkanes) is 1. The number of primary amides is 1. The van der Waals surface area contributed by atoms with Gasteiger partial charge in [-0.05, 0) is 25.7 Å². The quantitative estimate of drug-likeness (QED) is 0.339. The number of benzene rings is 1. The fraction of sp³-hybridized carbons (Fsp3) is 0.526. The maximum atomic E-state index is 13.0. The second kappa shape index (κ2) is 7.78. The molecule has 1 aliphatic rings. The zero-order valence-electron chi connectivity index (χ0n) is 14.5. The molecule has 25 heavy (non-hydrogen) atoms. The lowest BCUT2D eigenvalue weighted by Gasteiger charge is -2.45. The van der Waals surface area contributed by atoms with Gasteiger partial charge in [0.25, 0.3) is 0 Å². The molecule has 1 saturated carbocycles. The van der Waals surface area contributed by atoms with Gasteiger partial charge in [-0.1, -0.05) is 50.1 Å². The molecule has 0 aliphatic heterocycles. The lowest BCUT2D eigenvalue weighted by Crippen LogP contribution is -2.66. The number of aliphatic hydroxyl groups is 1. The molecule has 0 heterocycles. The van der Waals surface area contributed by atoms with Crippen molar-refractivity contribution in [1.82, 2.24) is 0 Å². The number of carbonyl (C=O) groups excluding carboxylic acids is 3. The first-order valence-corrected chi connectivity index (χ1v) is 8.69. The van der Waals surface area contributed by atoms with Gasteiger partial charge in [-0.25, -0.2) is 0 Å². The first-order valence-electron chi connectivity index (χ1n) is 8.69. The van der Waals surface area contributed by atoms with Crippen LogP contribution in [0.4, 0.5) is 0 Å². The van der Waals surface area contributed by atoms with Gasteiger partial charge >= 0.3 is 5.97 Å². The van der Waals surface area contributed by atoms with Gasteiger partial charge in [-0.15, -0.1) is 0 Å². The summed E-state index contributed by atoms with van der Waals surface area (Å²) in [5.41, 5.74) is 1.54. The van der Waals surface area contributed by atoms with Crippen LogP contribution in [0.1, 0.15) is 55.8 Å². The van der Waals surface area contributed by atoms with Crippen LogP contribution in [0, 0.1) is 5.41 Å². The summed E-state index contributed by atoms with van der Waals surface area (Å²) in [6.45, 7) is 2.06. The van der Waals surface area contributed by atoms with E-state index in [2.05, 4.69) is 0 Å². The molecule has 1 fully saturated rings. The molecule has 1 amide bonds. The van der Waals surface area contributed by atoms with E-state index < -0.39 is 28.7 Å². The molecule has 6 heteroatoms. The van der Waals surface area contributed by atoms with Crippen LogP contribution in [0.2, 0.25) is 0 Å². The highest BCUT2D eigenvalue weighted by atomic mass is 16.5. The minimum absolute atomic E-state index is 0.00235. The van der Waals surface area contributed by atoms with E-state index in [1.807, 2.05) is 6.92 Å². The van der Waals surface area contributed by atoms with Crippen molar-refractivity contribution in [1.29, 1.82) is 0 Å². The molecule has 2 atom stereocenters. The molecule has 136 valence electrons. The molecule has 0 radical (unpaired) electrons. The maximum absolute atomic E-state index is 13.0. The van der Waals surface area contributed by atoms with E-state index in [0.29, 0.717) is 19.3 Å². The monoisotopic (exact) mass is 347 g/mol. The van der Waals surface area contributed by atoms with Crippen molar-refractivity contribution >= 4 is 17.7 Å². The van der Waals surface area contributed by atoms with Crippen molar-refractivity contribution in [3.63, 3.8) is 0 Å². The SMILES string of the molecule is CCCCOC(=O)C1(C(N)=O)CCCCC1(O)C(=O)c1ccccc1. The third-order valence-electron chi connectivity index (χ3n) is 4.96. The molecule has 3 N–H and O–H groups in total. The highest BCUT2D eigenvalue weighted by Gasteiger charge is 2.65. The standard InChI is InChI=1S/C19H25NO5/c1-2-3-13-25-17(23)18(16(20)22)11-7-8-12-19(18,24)15(21)14-9-5-4-6-10-14/h4-6,9-10,24H,2-3,7-8,11-13H2,1H3,(H2,20,22). The summed E-state index contributed by atoms with van der Waals surface area (Å²) in [5.74, 6) is -2.58. The number of carbonyl (C=O) groups is 3. The van der Waals surface area contributed by atoms with Crippen molar-refractivity contribution < 1.29 is 24.2 Å². The van der Waals surface area contributed by atoms with E-state index >= 15 is 0 Å². The molecule has 2 rings (SSSR count). The Morgan fingerprint density at radius 3 is 2.40 bits per heavy atom. The van der Waals surface area contributed by atoms with Crippen molar-refractivity contribution in [2.75, 3.05) is 6.61 Å². The lowest BCUT2D eigenvalue weighted by molar-refractivity contribution is -0.180. The third kappa shape index (κ3) is 3.31. The predicted octanol–water partition coefficient (Wildman–Crippen LogP) is 1.99. The number of amides is 1. The number of Topliss-reactive ketones (excluding diaryl/α,β-unsaturated/α-hetero) is 1. The summed E-state index contributed by atoms with van der Waals surface area (Å²) >= 11 is 0. The first-order chi connectivity index (χ1) is 11.9. The Bertz CT molecular complexity index is 644. The Hall–Kier alpha value is -2.21. The van der Waals surface area contributed by atoms with Gasteiger partial charge in [0.05, 0.1) is 6.61 Å². The largest absolute Gasteiger partial charge is 0.465 e. The first kappa shape index (κ1) is 19.1. The van der Waals surface area contributed by atoms with E-state index in [1.54, 1.807) is 30.3 Å². The summed E-state index contributed by atoms with van der Waals surface area (Å²) in [7, 11) is 0. The Morgan fingerprint density at radius 2 is 1.80 bits per heavy atom. The number of ketones is 1. The number of rotatable bonds is 7. The lowest BCUT2D eigenvalue weighted by atomic mass is 9.60. The predicted molar refractivity (Wildman–Crippen MR) is 91.7 cm³/mol. The van der Waals surface area contributed by atoms with E-state index in [0.717, 1.165) is 6.42 Å². The van der Waals surface area contributed by atoms with Crippen molar-refractivity contribution in [2.24, 2.45) is 11.1 Å². The average Bonchev–Trinajstić information content (AvgIpc) is 2.62. The molecule has 1 aliphatic carbocycles. The Morgan fingerprint density at radius 1 is 1.16 bits per heavy atom. The number of hydrogen-bond donors (Lipinski definition) is 2. The van der Waals surface area contributed by atoms with Gasteiger partial charge in [0, 0.05) is 5.56 Å².